The number of hydrogen-bond donors (Lipinski definition) is 5. The number of aliphatic hydroxyl groups excluding tert-OH is 1. The van der Waals surface area contributed by atoms with Gasteiger partial charge in [0.15, 0.2) is 0 Å². The number of amides is 1. The monoisotopic (exact) mass is 980 g/mol. The molecule has 0 atom stereocenters. The van der Waals surface area contributed by atoms with Gasteiger partial charge in [-0.3, -0.25) is 20.4 Å². The first-order chi connectivity index (χ1) is 33.4. The molecule has 0 radical (unpaired) electrons. The van der Waals surface area contributed by atoms with E-state index in [-0.39, 0.29) is 49.8 Å². The highest BCUT2D eigenvalue weighted by Gasteiger charge is 2.71. The molecule has 0 aliphatic heterocycles. The predicted molar refractivity (Wildman–Crippen MR) is 240 cm³/mol. The van der Waals surface area contributed by atoms with Gasteiger partial charge in [0.1, 0.15) is 45.4 Å². The molecule has 14 nitrogen and oxygen atoms in total. The highest BCUT2D eigenvalue weighted by molar-refractivity contribution is 6.10. The van der Waals surface area contributed by atoms with E-state index in [0.717, 1.165) is 46.6 Å². The summed E-state index contributed by atoms with van der Waals surface area (Å²) in [5.41, 5.74) is 3.75. The summed E-state index contributed by atoms with van der Waals surface area (Å²) in [5, 5.41) is 29.6. The second-order valence-corrected chi connectivity index (χ2v) is 15.3. The lowest BCUT2D eigenvalue weighted by atomic mass is 9.88. The SMILES string of the molecule is Cc1ccc(NOCc2cc(C(=O)OCc3ccccc3)ccc2COO)cc1.O=C(O)c1ccc(COOCc2ccccc2)cc1C(=O)Nc1ccc(OCC(CO)(C(F)(F)F)C(F)(F)F)cc1. The van der Waals surface area contributed by atoms with E-state index in [2.05, 4.69) is 20.4 Å². The molecule has 6 rings (SSSR count). The Hall–Kier alpha value is -7.33. The predicted octanol–water partition coefficient (Wildman–Crippen LogP) is 10.7. The standard InChI is InChI=1S/C27H23F6NO7.C23H23NO5/c28-26(29,30)25(15-35,27(31,32)33)16-39-20-9-7-19(8-10-20)34-23(36)22-12-18(6-11-21(22)24(37)38)14-41-40-13-17-4-2-1-3-5-17;1-17-7-11-22(12-8-17)24-28-15-21-13-19(9-10-20(21)16-29-26)23(25)27-14-18-5-3-2-4-6-18/h1-12,35H,13-16H2,(H,34,36)(H,37,38);2-13,24,26H,14-16H2,1H3. The first-order valence-corrected chi connectivity index (χ1v) is 20.9. The Kier molecular flexibility index (Phi) is 19.4. The molecule has 6 aromatic rings. The van der Waals surface area contributed by atoms with Crippen LogP contribution < -0.4 is 15.5 Å². The molecule has 1 amide bonds. The quantitative estimate of drug-likeness (QED) is 0.0151. The molecule has 0 spiro atoms. The van der Waals surface area contributed by atoms with Crippen molar-refractivity contribution < 1.29 is 85.2 Å². The van der Waals surface area contributed by atoms with Gasteiger partial charge in [-0.1, -0.05) is 90.5 Å². The minimum Gasteiger partial charge on any atom is -0.492 e. The van der Waals surface area contributed by atoms with E-state index in [1.54, 1.807) is 18.2 Å². The van der Waals surface area contributed by atoms with Crippen molar-refractivity contribution >= 4 is 29.2 Å². The second-order valence-electron chi connectivity index (χ2n) is 15.3. The third kappa shape index (κ3) is 15.3. The molecule has 0 heterocycles. The van der Waals surface area contributed by atoms with Crippen LogP contribution in [-0.2, 0) is 57.3 Å². The first-order valence-electron chi connectivity index (χ1n) is 20.9. The van der Waals surface area contributed by atoms with Crippen molar-refractivity contribution in [1.82, 2.24) is 0 Å². The van der Waals surface area contributed by atoms with Gasteiger partial charge in [-0.2, -0.15) is 26.3 Å². The van der Waals surface area contributed by atoms with Crippen LogP contribution in [-0.4, -0.2) is 58.9 Å². The van der Waals surface area contributed by atoms with Crippen LogP contribution in [0.5, 0.6) is 5.75 Å². The maximum Gasteiger partial charge on any atom is 0.408 e. The Labute approximate surface area is 396 Å². The Morgan fingerprint density at radius 2 is 1.19 bits per heavy atom. The number of carboxylic acids is 1. The lowest BCUT2D eigenvalue weighted by molar-refractivity contribution is -0.355. The Bertz CT molecular complexity index is 2600. The number of anilines is 2. The zero-order valence-corrected chi connectivity index (χ0v) is 37.1. The van der Waals surface area contributed by atoms with E-state index in [1.165, 1.54) is 18.2 Å². The third-order valence-corrected chi connectivity index (χ3v) is 10.2. The van der Waals surface area contributed by atoms with Gasteiger partial charge >= 0.3 is 24.3 Å². The van der Waals surface area contributed by atoms with Crippen LogP contribution in [0.3, 0.4) is 0 Å². The number of rotatable bonds is 21. The number of benzene rings is 6. The molecular weight excluding hydrogens is 935 g/mol. The van der Waals surface area contributed by atoms with E-state index < -0.39 is 54.6 Å². The lowest BCUT2D eigenvalue weighted by Crippen LogP contribution is -2.56. The van der Waals surface area contributed by atoms with Gasteiger partial charge in [-0.15, -0.1) is 0 Å². The zero-order valence-electron chi connectivity index (χ0n) is 37.1. The molecule has 0 fully saturated rings. The molecule has 0 bridgehead atoms. The average molecular weight is 981 g/mol. The largest absolute Gasteiger partial charge is 0.492 e. The van der Waals surface area contributed by atoms with Crippen molar-refractivity contribution in [3.8, 4) is 5.75 Å². The van der Waals surface area contributed by atoms with Crippen molar-refractivity contribution in [2.75, 3.05) is 24.0 Å². The van der Waals surface area contributed by atoms with Crippen molar-refractivity contribution in [2.45, 2.75) is 52.3 Å². The second kappa shape index (κ2) is 25.3. The highest BCUT2D eigenvalue weighted by Crippen LogP contribution is 2.50. The highest BCUT2D eigenvalue weighted by atomic mass is 19.4. The van der Waals surface area contributed by atoms with Crippen LogP contribution in [0.25, 0.3) is 0 Å². The van der Waals surface area contributed by atoms with Crippen LogP contribution in [0.15, 0.2) is 146 Å². The van der Waals surface area contributed by atoms with E-state index in [1.807, 2.05) is 91.9 Å². The summed E-state index contributed by atoms with van der Waals surface area (Å²) < 4.78 is 89.0. The molecule has 0 unspecified atom stereocenters. The average Bonchev–Trinajstić information content (AvgIpc) is 3.34. The fourth-order valence-corrected chi connectivity index (χ4v) is 6.16. The maximum atomic E-state index is 13.2. The number of ether oxygens (including phenoxy) is 2. The van der Waals surface area contributed by atoms with E-state index in [0.29, 0.717) is 22.3 Å². The molecule has 0 aromatic heterocycles. The molecule has 5 N–H and O–H groups in total. The number of alkyl halides is 6. The lowest BCUT2D eigenvalue weighted by Gasteiger charge is -2.35. The third-order valence-electron chi connectivity index (χ3n) is 10.2. The molecule has 0 saturated carbocycles. The van der Waals surface area contributed by atoms with Gasteiger partial charge < -0.3 is 25.0 Å². The number of hydrogen-bond acceptors (Lipinski definition) is 12. The molecule has 70 heavy (non-hydrogen) atoms. The fraction of sp³-hybridized carbons (Fsp3) is 0.220. The Balaban J connectivity index is 0.000000276. The number of aromatic carboxylic acids is 1. The first kappa shape index (κ1) is 53.6. The van der Waals surface area contributed by atoms with Crippen LogP contribution in [0.4, 0.5) is 37.7 Å². The summed E-state index contributed by atoms with van der Waals surface area (Å²) in [4.78, 5) is 57.0. The van der Waals surface area contributed by atoms with Crippen molar-refractivity contribution in [1.29, 1.82) is 0 Å². The Morgan fingerprint density at radius 1 is 0.600 bits per heavy atom. The van der Waals surface area contributed by atoms with Crippen molar-refractivity contribution in [3.05, 3.63) is 196 Å². The normalized spacial score (nSPS) is 11.5. The maximum absolute atomic E-state index is 13.2. The minimum atomic E-state index is -5.84. The smallest absolute Gasteiger partial charge is 0.408 e. The summed E-state index contributed by atoms with van der Waals surface area (Å²) in [6.45, 7) is -1.82. The summed E-state index contributed by atoms with van der Waals surface area (Å²) >= 11 is 0. The van der Waals surface area contributed by atoms with E-state index in [9.17, 15) is 45.8 Å². The van der Waals surface area contributed by atoms with E-state index >= 15 is 0 Å². The topological polar surface area (TPSA) is 191 Å². The molecule has 0 aliphatic rings. The van der Waals surface area contributed by atoms with Gasteiger partial charge in [0.05, 0.1) is 29.0 Å². The number of nitrogens with one attached hydrogen (secondary N) is 2. The molecule has 0 aliphatic carbocycles. The number of halogens is 6. The minimum absolute atomic E-state index is 0.0113. The number of carbonyl (C=O) groups excluding carboxylic acids is 2. The van der Waals surface area contributed by atoms with Crippen LogP contribution in [0.2, 0.25) is 0 Å². The molecule has 0 saturated heterocycles. The summed E-state index contributed by atoms with van der Waals surface area (Å²) in [6.07, 6.45) is -11.7. The number of aryl methyl sites for hydroxylation is 1. The van der Waals surface area contributed by atoms with E-state index in [4.69, 9.17) is 29.7 Å². The van der Waals surface area contributed by atoms with Gasteiger partial charge in [0.2, 0.25) is 5.41 Å². The molecular formula is C50H46F6N2O12. The van der Waals surface area contributed by atoms with Gasteiger partial charge in [0, 0.05) is 5.69 Å². The van der Waals surface area contributed by atoms with Crippen LogP contribution >= 0.6 is 0 Å². The zero-order chi connectivity index (χ0) is 50.7. The van der Waals surface area contributed by atoms with Gasteiger partial charge in [0.25, 0.3) is 5.91 Å². The van der Waals surface area contributed by atoms with Crippen molar-refractivity contribution in [3.63, 3.8) is 0 Å². The Morgan fingerprint density at radius 3 is 1.76 bits per heavy atom. The number of aliphatic hydroxyl groups is 1. The summed E-state index contributed by atoms with van der Waals surface area (Å²) in [6, 6.07) is 39.5. The fourth-order valence-electron chi connectivity index (χ4n) is 6.16. The van der Waals surface area contributed by atoms with Crippen LogP contribution in [0.1, 0.15) is 64.5 Å². The number of carbonyl (C=O) groups is 3. The molecule has 20 heteroatoms. The summed E-state index contributed by atoms with van der Waals surface area (Å²) in [5.74, 6) is -3.10. The summed E-state index contributed by atoms with van der Waals surface area (Å²) in [7, 11) is 0. The molecule has 370 valence electrons. The molecule has 6 aromatic carbocycles. The van der Waals surface area contributed by atoms with Crippen molar-refractivity contribution in [2.24, 2.45) is 5.41 Å². The number of esters is 1. The van der Waals surface area contributed by atoms with Crippen LogP contribution in [0, 0.1) is 12.3 Å². The van der Waals surface area contributed by atoms with Gasteiger partial charge in [-0.05, 0) is 95.4 Å². The van der Waals surface area contributed by atoms with Gasteiger partial charge in [-0.25, -0.2) is 24.3 Å². The number of carboxylic acid groups (broad SMARTS) is 1.